The molecule has 2 aromatic heterocycles. The summed E-state index contributed by atoms with van der Waals surface area (Å²) in [6.07, 6.45) is -5.93. The second kappa shape index (κ2) is 11.2. The third-order valence-corrected chi connectivity index (χ3v) is 5.43. The molecule has 2 heterocycles. The van der Waals surface area contributed by atoms with Gasteiger partial charge in [0.15, 0.2) is 11.0 Å². The van der Waals surface area contributed by atoms with Crippen LogP contribution in [-0.4, -0.2) is 42.8 Å². The van der Waals surface area contributed by atoms with Crippen LogP contribution in [0.2, 0.25) is 0 Å². The number of carbonyl (C=O) groups is 1. The predicted octanol–water partition coefficient (Wildman–Crippen LogP) is 4.55. The molecule has 0 radical (unpaired) electrons. The van der Waals surface area contributed by atoms with Crippen LogP contribution in [0.4, 0.5) is 23.2 Å². The first kappa shape index (κ1) is 24.6. The molecule has 0 bridgehead atoms. The van der Waals surface area contributed by atoms with Gasteiger partial charge in [-0.25, -0.2) is 17.6 Å². The maximum absolute atomic E-state index is 13.2. The molecule has 33 heavy (non-hydrogen) atoms. The molecule has 3 aromatic rings. The van der Waals surface area contributed by atoms with E-state index in [4.69, 9.17) is 4.74 Å². The van der Waals surface area contributed by atoms with Crippen molar-refractivity contribution in [3.8, 4) is 5.75 Å². The quantitative estimate of drug-likeness (QED) is 0.316. The number of anilines is 1. The Morgan fingerprint density at radius 2 is 1.85 bits per heavy atom. The Morgan fingerprint density at radius 3 is 2.45 bits per heavy atom. The molecule has 13 heteroatoms. The smallest absolute Gasteiger partial charge is 0.282 e. The fourth-order valence-electron chi connectivity index (χ4n) is 2.98. The summed E-state index contributed by atoms with van der Waals surface area (Å²) in [6, 6.07) is 7.61. The summed E-state index contributed by atoms with van der Waals surface area (Å²) in [4.78, 5) is 12.3. The third kappa shape index (κ3) is 6.24. The third-order valence-electron chi connectivity index (χ3n) is 4.46. The number of benzene rings is 1. The molecule has 3 rings (SSSR count). The van der Waals surface area contributed by atoms with Crippen molar-refractivity contribution in [1.29, 1.82) is 0 Å². The van der Waals surface area contributed by atoms with Gasteiger partial charge in [-0.05, 0) is 44.2 Å². The number of hydrogen-bond donors (Lipinski definition) is 1. The van der Waals surface area contributed by atoms with Gasteiger partial charge in [0.05, 0.1) is 12.4 Å². The SMILES string of the molecule is CCOc1ccc(NC(=O)CSc2nnc(Cn3nc(C(F)F)cc3C(F)F)n2CC)cc1. The molecule has 0 aliphatic rings. The topological polar surface area (TPSA) is 86.9 Å². The standard InChI is InChI=1S/C20H22F4N6O2S/c1-3-29-16(10-30-15(19(23)24)9-14(28-30)18(21)22)26-27-20(29)33-11-17(31)25-12-5-7-13(8-6-12)32-4-2/h5-9,18-19H,3-4,10-11H2,1-2H3,(H,25,31). The highest BCUT2D eigenvalue weighted by atomic mass is 32.2. The Morgan fingerprint density at radius 1 is 1.12 bits per heavy atom. The van der Waals surface area contributed by atoms with Crippen molar-refractivity contribution >= 4 is 23.4 Å². The number of nitrogens with zero attached hydrogens (tertiary/aromatic N) is 5. The normalized spacial score (nSPS) is 11.4. The fourth-order valence-corrected chi connectivity index (χ4v) is 3.80. The van der Waals surface area contributed by atoms with Gasteiger partial charge in [0.25, 0.3) is 12.9 Å². The van der Waals surface area contributed by atoms with E-state index in [0.717, 1.165) is 16.4 Å². The number of nitrogens with one attached hydrogen (secondary N) is 1. The largest absolute Gasteiger partial charge is 0.494 e. The lowest BCUT2D eigenvalue weighted by atomic mass is 10.3. The fraction of sp³-hybridized carbons (Fsp3) is 0.400. The minimum atomic E-state index is -2.97. The van der Waals surface area contributed by atoms with E-state index in [0.29, 0.717) is 35.8 Å². The average molecular weight is 486 g/mol. The van der Waals surface area contributed by atoms with Crippen LogP contribution in [0.5, 0.6) is 5.75 Å². The van der Waals surface area contributed by atoms with Gasteiger partial charge in [-0.2, -0.15) is 5.10 Å². The first-order valence-corrected chi connectivity index (χ1v) is 11.0. The van der Waals surface area contributed by atoms with Crippen LogP contribution in [-0.2, 0) is 17.9 Å². The summed E-state index contributed by atoms with van der Waals surface area (Å²) in [5, 5.41) is 14.7. The number of ether oxygens (including phenoxy) is 1. The summed E-state index contributed by atoms with van der Waals surface area (Å²) < 4.78 is 60.0. The van der Waals surface area contributed by atoms with Gasteiger partial charge < -0.3 is 14.6 Å². The summed E-state index contributed by atoms with van der Waals surface area (Å²) in [5.74, 6) is 0.717. The molecule has 1 amide bonds. The Kier molecular flexibility index (Phi) is 8.31. The molecule has 8 nitrogen and oxygen atoms in total. The zero-order valence-electron chi connectivity index (χ0n) is 17.8. The minimum Gasteiger partial charge on any atom is -0.494 e. The Bertz CT molecular complexity index is 1070. The molecule has 0 aliphatic carbocycles. The molecule has 0 fully saturated rings. The maximum Gasteiger partial charge on any atom is 0.282 e. The summed E-state index contributed by atoms with van der Waals surface area (Å²) in [6.45, 7) is 4.34. The molecule has 0 saturated heterocycles. The van der Waals surface area contributed by atoms with E-state index in [1.54, 1.807) is 35.8 Å². The summed E-state index contributed by atoms with van der Waals surface area (Å²) in [5.41, 5.74) is -0.747. The van der Waals surface area contributed by atoms with Crippen molar-refractivity contribution in [1.82, 2.24) is 24.5 Å². The second-order valence-corrected chi connectivity index (χ2v) is 7.63. The molecule has 0 unspecified atom stereocenters. The lowest BCUT2D eigenvalue weighted by Gasteiger charge is -2.10. The zero-order valence-corrected chi connectivity index (χ0v) is 18.7. The van der Waals surface area contributed by atoms with Crippen LogP contribution in [0.1, 0.15) is 43.9 Å². The first-order chi connectivity index (χ1) is 15.8. The van der Waals surface area contributed by atoms with E-state index in [1.807, 2.05) is 6.92 Å². The Balaban J connectivity index is 1.65. The minimum absolute atomic E-state index is 0.0327. The van der Waals surface area contributed by atoms with Crippen molar-refractivity contribution in [2.75, 3.05) is 17.7 Å². The van der Waals surface area contributed by atoms with Crippen LogP contribution >= 0.6 is 11.8 Å². The van der Waals surface area contributed by atoms with Crippen molar-refractivity contribution in [2.45, 2.75) is 44.9 Å². The van der Waals surface area contributed by atoms with Crippen molar-refractivity contribution in [3.05, 3.63) is 47.5 Å². The number of rotatable bonds is 11. The molecule has 0 aliphatic heterocycles. The van der Waals surface area contributed by atoms with Crippen LogP contribution < -0.4 is 10.1 Å². The number of carbonyl (C=O) groups excluding carboxylic acids is 1. The highest BCUT2D eigenvalue weighted by Gasteiger charge is 2.23. The summed E-state index contributed by atoms with van der Waals surface area (Å²) >= 11 is 1.12. The molecule has 1 aromatic carbocycles. The lowest BCUT2D eigenvalue weighted by Crippen LogP contribution is -2.15. The maximum atomic E-state index is 13.2. The van der Waals surface area contributed by atoms with Crippen LogP contribution in [0, 0.1) is 0 Å². The molecular weight excluding hydrogens is 464 g/mol. The van der Waals surface area contributed by atoms with Crippen LogP contribution in [0.15, 0.2) is 35.5 Å². The molecule has 0 spiro atoms. The predicted molar refractivity (Wildman–Crippen MR) is 114 cm³/mol. The van der Waals surface area contributed by atoms with E-state index in [2.05, 4.69) is 20.6 Å². The molecule has 178 valence electrons. The zero-order chi connectivity index (χ0) is 24.0. The Labute approximate surface area is 191 Å². The van der Waals surface area contributed by atoms with E-state index < -0.39 is 24.2 Å². The van der Waals surface area contributed by atoms with Crippen LogP contribution in [0.25, 0.3) is 0 Å². The molecule has 1 N–H and O–H groups in total. The van der Waals surface area contributed by atoms with Gasteiger partial charge in [0.2, 0.25) is 5.91 Å². The Hall–Kier alpha value is -3.09. The number of alkyl halides is 4. The molecule has 0 saturated carbocycles. The van der Waals surface area contributed by atoms with Crippen molar-refractivity contribution in [2.24, 2.45) is 0 Å². The number of halogens is 4. The van der Waals surface area contributed by atoms with Gasteiger partial charge in [-0.15, -0.1) is 10.2 Å². The van der Waals surface area contributed by atoms with Crippen molar-refractivity contribution in [3.63, 3.8) is 0 Å². The van der Waals surface area contributed by atoms with Gasteiger partial charge in [0.1, 0.15) is 23.7 Å². The first-order valence-electron chi connectivity index (χ1n) is 10.0. The molecule has 0 atom stereocenters. The van der Waals surface area contributed by atoms with Crippen LogP contribution in [0.3, 0.4) is 0 Å². The monoisotopic (exact) mass is 486 g/mol. The van der Waals surface area contributed by atoms with E-state index in [9.17, 15) is 22.4 Å². The van der Waals surface area contributed by atoms with E-state index in [-0.39, 0.29) is 24.0 Å². The second-order valence-electron chi connectivity index (χ2n) is 6.69. The number of aromatic nitrogens is 5. The van der Waals surface area contributed by atoms with Gasteiger partial charge in [-0.3, -0.25) is 9.48 Å². The highest BCUT2D eigenvalue weighted by molar-refractivity contribution is 7.99. The highest BCUT2D eigenvalue weighted by Crippen LogP contribution is 2.26. The number of hydrogen-bond acceptors (Lipinski definition) is 6. The van der Waals surface area contributed by atoms with Crippen molar-refractivity contribution < 1.29 is 27.1 Å². The lowest BCUT2D eigenvalue weighted by molar-refractivity contribution is -0.113. The van der Waals surface area contributed by atoms with E-state index in [1.165, 1.54) is 0 Å². The average Bonchev–Trinajstić information content (AvgIpc) is 3.38. The van der Waals surface area contributed by atoms with Gasteiger partial charge in [-0.1, -0.05) is 11.8 Å². The number of amides is 1. The van der Waals surface area contributed by atoms with E-state index >= 15 is 0 Å². The summed E-state index contributed by atoms with van der Waals surface area (Å²) in [7, 11) is 0. The van der Waals surface area contributed by atoms with Gasteiger partial charge in [0, 0.05) is 12.2 Å². The van der Waals surface area contributed by atoms with Gasteiger partial charge >= 0.3 is 0 Å². The number of thioether (sulfide) groups is 1. The molecular formula is C20H22F4N6O2S.